The molecule has 0 radical (unpaired) electrons. The van der Waals surface area contributed by atoms with Crippen LogP contribution in [0.4, 0.5) is 0 Å². The number of aliphatic hydroxyl groups excluding tert-OH is 1. The molecule has 0 aromatic heterocycles. The van der Waals surface area contributed by atoms with E-state index in [1.54, 1.807) is 18.2 Å². The molecule has 0 fully saturated rings. The molecule has 20 heavy (non-hydrogen) atoms. The molecular formula is C14H14Cl2O4. The number of allylic oxidation sites excluding steroid dienone is 1. The molecule has 1 atom stereocenters. The highest BCUT2D eigenvalue weighted by Gasteiger charge is 2.13. The first kappa shape index (κ1) is 16.7. The number of halogens is 2. The van der Waals surface area contributed by atoms with Crippen LogP contribution < -0.4 is 0 Å². The van der Waals surface area contributed by atoms with E-state index in [0.29, 0.717) is 15.6 Å². The first-order valence-corrected chi connectivity index (χ1v) is 6.59. The minimum Gasteiger partial charge on any atom is -0.469 e. The maximum Gasteiger partial charge on any atom is 0.308 e. The molecule has 0 bridgehead atoms. The van der Waals surface area contributed by atoms with Crippen LogP contribution in [0.5, 0.6) is 0 Å². The summed E-state index contributed by atoms with van der Waals surface area (Å²) >= 11 is 11.7. The van der Waals surface area contributed by atoms with Gasteiger partial charge in [-0.3, -0.25) is 9.59 Å². The van der Waals surface area contributed by atoms with Crippen molar-refractivity contribution in [1.29, 1.82) is 0 Å². The summed E-state index contributed by atoms with van der Waals surface area (Å²) in [4.78, 5) is 22.5. The first-order chi connectivity index (χ1) is 9.42. The molecule has 6 heteroatoms. The number of aliphatic hydroxyl groups is 1. The lowest BCUT2D eigenvalue weighted by Crippen LogP contribution is -2.17. The van der Waals surface area contributed by atoms with E-state index in [-0.39, 0.29) is 18.6 Å². The number of methoxy groups -OCH3 is 1. The molecular weight excluding hydrogens is 303 g/mol. The van der Waals surface area contributed by atoms with Crippen LogP contribution in [0, 0.1) is 0 Å². The van der Waals surface area contributed by atoms with Gasteiger partial charge < -0.3 is 9.84 Å². The molecule has 0 heterocycles. The molecule has 1 aromatic carbocycles. The van der Waals surface area contributed by atoms with E-state index >= 15 is 0 Å². The van der Waals surface area contributed by atoms with Crippen LogP contribution in [-0.4, -0.2) is 30.1 Å². The molecule has 1 unspecified atom stereocenters. The normalized spacial score (nSPS) is 12.4. The predicted molar refractivity (Wildman–Crippen MR) is 77.8 cm³/mol. The number of esters is 1. The van der Waals surface area contributed by atoms with Crippen LogP contribution in [0.25, 0.3) is 6.08 Å². The van der Waals surface area contributed by atoms with Crippen molar-refractivity contribution < 1.29 is 19.4 Å². The van der Waals surface area contributed by atoms with Gasteiger partial charge in [0.2, 0.25) is 0 Å². The van der Waals surface area contributed by atoms with Gasteiger partial charge in [-0.2, -0.15) is 0 Å². The molecule has 0 aliphatic rings. The Kier molecular flexibility index (Phi) is 6.71. The van der Waals surface area contributed by atoms with Gasteiger partial charge in [-0.15, -0.1) is 0 Å². The summed E-state index contributed by atoms with van der Waals surface area (Å²) in [5, 5.41) is 10.4. The van der Waals surface area contributed by atoms with Crippen molar-refractivity contribution in [2.45, 2.75) is 18.9 Å². The Labute approximate surface area is 126 Å². The number of ketones is 1. The predicted octanol–water partition coefficient (Wildman–Crippen LogP) is 2.89. The van der Waals surface area contributed by atoms with Gasteiger partial charge in [0.15, 0.2) is 5.78 Å². The third kappa shape index (κ3) is 5.74. The van der Waals surface area contributed by atoms with Crippen molar-refractivity contribution in [3.63, 3.8) is 0 Å². The minimum atomic E-state index is -1.06. The zero-order valence-corrected chi connectivity index (χ0v) is 12.3. The fourth-order valence-corrected chi connectivity index (χ4v) is 1.94. The molecule has 0 spiro atoms. The monoisotopic (exact) mass is 316 g/mol. The first-order valence-electron chi connectivity index (χ1n) is 5.83. The number of carbonyl (C=O) groups excluding carboxylic acids is 2. The van der Waals surface area contributed by atoms with E-state index in [9.17, 15) is 14.7 Å². The van der Waals surface area contributed by atoms with Crippen LogP contribution in [0.2, 0.25) is 10.0 Å². The largest absolute Gasteiger partial charge is 0.469 e. The van der Waals surface area contributed by atoms with Gasteiger partial charge in [0.1, 0.15) is 0 Å². The van der Waals surface area contributed by atoms with Crippen LogP contribution in [0.15, 0.2) is 24.3 Å². The van der Waals surface area contributed by atoms with Crippen molar-refractivity contribution in [3.05, 3.63) is 39.9 Å². The summed E-state index contributed by atoms with van der Waals surface area (Å²) in [7, 11) is 1.22. The van der Waals surface area contributed by atoms with Crippen LogP contribution in [-0.2, 0) is 14.3 Å². The van der Waals surface area contributed by atoms with Gasteiger partial charge in [0.25, 0.3) is 0 Å². The van der Waals surface area contributed by atoms with Gasteiger partial charge in [-0.05, 0) is 29.8 Å². The second kappa shape index (κ2) is 8.04. The van der Waals surface area contributed by atoms with Crippen LogP contribution in [0.1, 0.15) is 18.4 Å². The lowest BCUT2D eigenvalue weighted by molar-refractivity contribution is -0.143. The highest BCUT2D eigenvalue weighted by atomic mass is 35.5. The highest BCUT2D eigenvalue weighted by Crippen LogP contribution is 2.22. The quantitative estimate of drug-likeness (QED) is 0.647. The molecule has 0 amide bonds. The summed E-state index contributed by atoms with van der Waals surface area (Å²) in [6, 6.07) is 4.91. The summed E-state index contributed by atoms with van der Waals surface area (Å²) in [6.45, 7) is 0. The van der Waals surface area contributed by atoms with E-state index in [0.717, 1.165) is 0 Å². The van der Waals surface area contributed by atoms with Gasteiger partial charge in [0, 0.05) is 16.5 Å². The molecule has 0 aliphatic carbocycles. The number of benzene rings is 1. The third-order valence-electron chi connectivity index (χ3n) is 2.48. The lowest BCUT2D eigenvalue weighted by atomic mass is 10.1. The number of hydrogen-bond acceptors (Lipinski definition) is 4. The van der Waals surface area contributed by atoms with Crippen molar-refractivity contribution in [2.24, 2.45) is 0 Å². The number of carbonyl (C=O) groups is 2. The molecule has 108 valence electrons. The lowest BCUT2D eigenvalue weighted by Gasteiger charge is -2.06. The molecule has 0 aliphatic heterocycles. The summed E-state index contributed by atoms with van der Waals surface area (Å²) in [5.41, 5.74) is 0.645. The summed E-state index contributed by atoms with van der Waals surface area (Å²) < 4.78 is 4.40. The van der Waals surface area contributed by atoms with Crippen LogP contribution >= 0.6 is 23.2 Å². The van der Waals surface area contributed by atoms with Crippen molar-refractivity contribution >= 4 is 41.0 Å². The van der Waals surface area contributed by atoms with Crippen molar-refractivity contribution in [1.82, 2.24) is 0 Å². The van der Waals surface area contributed by atoms with E-state index in [1.165, 1.54) is 19.3 Å². The summed E-state index contributed by atoms with van der Waals surface area (Å²) in [6.07, 6.45) is 1.41. The van der Waals surface area contributed by atoms with E-state index < -0.39 is 12.1 Å². The molecule has 4 nitrogen and oxygen atoms in total. The smallest absolute Gasteiger partial charge is 0.308 e. The SMILES string of the molecule is COC(=O)CC(O)CC(=O)/C=C/c1ccc(Cl)cc1Cl. The maximum absolute atomic E-state index is 11.6. The fraction of sp³-hybridized carbons (Fsp3) is 0.286. The Bertz CT molecular complexity index is 526. The number of hydrogen-bond donors (Lipinski definition) is 1. The second-order valence-corrected chi connectivity index (χ2v) is 4.95. The number of rotatable bonds is 6. The molecule has 0 saturated heterocycles. The molecule has 0 saturated carbocycles. The molecule has 1 aromatic rings. The summed E-state index contributed by atoms with van der Waals surface area (Å²) in [5.74, 6) is -0.873. The minimum absolute atomic E-state index is 0.156. The van der Waals surface area contributed by atoms with Gasteiger partial charge in [-0.1, -0.05) is 29.3 Å². The van der Waals surface area contributed by atoms with Gasteiger partial charge in [0.05, 0.1) is 19.6 Å². The average Bonchev–Trinajstić information content (AvgIpc) is 2.37. The molecule has 1 rings (SSSR count). The Morgan fingerprint density at radius 3 is 2.65 bits per heavy atom. The topological polar surface area (TPSA) is 63.6 Å². The zero-order valence-electron chi connectivity index (χ0n) is 10.8. The maximum atomic E-state index is 11.6. The Hall–Kier alpha value is -1.36. The van der Waals surface area contributed by atoms with Gasteiger partial charge in [-0.25, -0.2) is 0 Å². The Morgan fingerprint density at radius 2 is 2.05 bits per heavy atom. The van der Waals surface area contributed by atoms with E-state index in [2.05, 4.69) is 4.74 Å². The van der Waals surface area contributed by atoms with Gasteiger partial charge >= 0.3 is 5.97 Å². The fourth-order valence-electron chi connectivity index (χ4n) is 1.47. The molecule has 1 N–H and O–H groups in total. The third-order valence-corrected chi connectivity index (χ3v) is 3.04. The average molecular weight is 317 g/mol. The van der Waals surface area contributed by atoms with E-state index in [1.807, 2.05) is 0 Å². The highest BCUT2D eigenvalue weighted by molar-refractivity contribution is 6.35. The Balaban J connectivity index is 2.57. The standard InChI is InChI=1S/C14H14Cl2O4/c1-20-14(19)8-12(18)7-11(17)5-3-9-2-4-10(15)6-13(9)16/h2-6,12,18H,7-8H2,1H3/b5-3+. The van der Waals surface area contributed by atoms with Crippen LogP contribution in [0.3, 0.4) is 0 Å². The van der Waals surface area contributed by atoms with Crippen molar-refractivity contribution in [2.75, 3.05) is 7.11 Å². The number of ether oxygens (including phenoxy) is 1. The van der Waals surface area contributed by atoms with E-state index in [4.69, 9.17) is 23.2 Å². The zero-order chi connectivity index (χ0) is 15.1. The second-order valence-electron chi connectivity index (χ2n) is 4.10. The van der Waals surface area contributed by atoms with Crippen molar-refractivity contribution in [3.8, 4) is 0 Å². The Morgan fingerprint density at radius 1 is 1.35 bits per heavy atom.